The van der Waals surface area contributed by atoms with E-state index in [9.17, 15) is 0 Å². The van der Waals surface area contributed by atoms with Crippen LogP contribution >= 0.6 is 0 Å². The van der Waals surface area contributed by atoms with Crippen LogP contribution in [0.4, 0.5) is 11.5 Å². The second-order valence-corrected chi connectivity index (χ2v) is 4.24. The van der Waals surface area contributed by atoms with Crippen molar-refractivity contribution in [2.24, 2.45) is 0 Å². The lowest BCUT2D eigenvalue weighted by Crippen LogP contribution is -2.39. The lowest BCUT2D eigenvalue weighted by Gasteiger charge is -2.33. The van der Waals surface area contributed by atoms with Gasteiger partial charge in [0.1, 0.15) is 0 Å². The molecule has 0 aromatic carbocycles. The van der Waals surface area contributed by atoms with Crippen LogP contribution in [0.25, 0.3) is 0 Å². The van der Waals surface area contributed by atoms with E-state index in [1.165, 1.54) is 12.8 Å². The Hall–Kier alpha value is -1.29. The number of hydrogen-bond donors (Lipinski definition) is 2. The van der Waals surface area contributed by atoms with Gasteiger partial charge < -0.3 is 15.3 Å². The second kappa shape index (κ2) is 3.38. The molecule has 1 atom stereocenters. The van der Waals surface area contributed by atoms with Gasteiger partial charge in [-0.1, -0.05) is 0 Å². The van der Waals surface area contributed by atoms with Gasteiger partial charge in [-0.05, 0) is 24.5 Å². The molecule has 2 N–H and O–H groups in total. The highest BCUT2D eigenvalue weighted by molar-refractivity contribution is 5.69. The van der Waals surface area contributed by atoms with Gasteiger partial charge in [-0.3, -0.25) is 0 Å². The van der Waals surface area contributed by atoms with Crippen LogP contribution in [0.2, 0.25) is 0 Å². The average molecular weight is 205 g/mol. The van der Waals surface area contributed by atoms with E-state index in [4.69, 9.17) is 5.11 Å². The highest BCUT2D eigenvalue weighted by atomic mass is 16.3. The van der Waals surface area contributed by atoms with Crippen molar-refractivity contribution in [2.45, 2.75) is 25.5 Å². The first-order valence-corrected chi connectivity index (χ1v) is 5.49. The van der Waals surface area contributed by atoms with Gasteiger partial charge in [0.05, 0.1) is 12.3 Å². The lowest BCUT2D eigenvalue weighted by molar-refractivity contribution is 0.281. The fourth-order valence-corrected chi connectivity index (χ4v) is 2.50. The molecule has 0 aliphatic carbocycles. The number of anilines is 2. The number of aliphatic hydroxyl groups excluding tert-OH is 1. The summed E-state index contributed by atoms with van der Waals surface area (Å²) in [7, 11) is 0. The number of fused-ring (bicyclic) bond motifs is 3. The van der Waals surface area contributed by atoms with Gasteiger partial charge in [0, 0.05) is 25.3 Å². The number of aromatic nitrogens is 1. The number of nitrogens with zero attached hydrogens (tertiary/aromatic N) is 2. The molecule has 1 fully saturated rings. The maximum absolute atomic E-state index is 9.05. The van der Waals surface area contributed by atoms with Crippen LogP contribution in [0.15, 0.2) is 12.3 Å². The standard InChI is InChI=1S/C11H15N3O/c15-7-8-4-10-11(13-5-8)14-3-1-2-9(14)6-12-10/h4-5,9,12,15H,1-3,6-7H2/t9-/m0/s1. The van der Waals surface area contributed by atoms with Crippen LogP contribution in [-0.4, -0.2) is 29.2 Å². The number of pyridine rings is 1. The summed E-state index contributed by atoms with van der Waals surface area (Å²) in [6.07, 6.45) is 4.28. The van der Waals surface area contributed by atoms with Crippen molar-refractivity contribution < 1.29 is 5.11 Å². The molecule has 0 amide bonds. The van der Waals surface area contributed by atoms with Crippen molar-refractivity contribution in [1.29, 1.82) is 0 Å². The molecule has 15 heavy (non-hydrogen) atoms. The largest absolute Gasteiger partial charge is 0.392 e. The van der Waals surface area contributed by atoms with E-state index in [1.807, 2.05) is 6.07 Å². The Morgan fingerprint density at radius 2 is 2.53 bits per heavy atom. The lowest BCUT2D eigenvalue weighted by atomic mass is 10.1. The Balaban J connectivity index is 2.00. The van der Waals surface area contributed by atoms with E-state index in [0.29, 0.717) is 6.04 Å². The van der Waals surface area contributed by atoms with Gasteiger partial charge in [-0.15, -0.1) is 0 Å². The Kier molecular flexibility index (Phi) is 2.02. The zero-order chi connectivity index (χ0) is 10.3. The van der Waals surface area contributed by atoms with E-state index in [2.05, 4.69) is 15.2 Å². The third-order valence-electron chi connectivity index (χ3n) is 3.28. The summed E-state index contributed by atoms with van der Waals surface area (Å²) in [6, 6.07) is 2.61. The summed E-state index contributed by atoms with van der Waals surface area (Å²) in [6.45, 7) is 2.18. The zero-order valence-corrected chi connectivity index (χ0v) is 8.61. The van der Waals surface area contributed by atoms with Crippen LogP contribution < -0.4 is 10.2 Å². The van der Waals surface area contributed by atoms with E-state index >= 15 is 0 Å². The first-order valence-electron chi connectivity index (χ1n) is 5.49. The number of nitrogens with one attached hydrogen (secondary N) is 1. The van der Waals surface area contributed by atoms with E-state index in [-0.39, 0.29) is 6.61 Å². The van der Waals surface area contributed by atoms with Gasteiger partial charge in [-0.25, -0.2) is 4.98 Å². The van der Waals surface area contributed by atoms with Crippen molar-refractivity contribution >= 4 is 11.5 Å². The van der Waals surface area contributed by atoms with Gasteiger partial charge in [0.2, 0.25) is 0 Å². The molecule has 0 bridgehead atoms. The Morgan fingerprint density at radius 3 is 3.40 bits per heavy atom. The minimum atomic E-state index is 0.0609. The topological polar surface area (TPSA) is 48.4 Å². The number of hydrogen-bond acceptors (Lipinski definition) is 4. The SMILES string of the molecule is OCc1cnc2c(c1)NC[C@@H]1CCCN21. The summed E-state index contributed by atoms with van der Waals surface area (Å²) >= 11 is 0. The number of rotatable bonds is 1. The molecule has 0 radical (unpaired) electrons. The molecule has 1 aromatic heterocycles. The van der Waals surface area contributed by atoms with Crippen LogP contribution in [0.3, 0.4) is 0 Å². The normalized spacial score (nSPS) is 23.3. The molecule has 4 heteroatoms. The zero-order valence-electron chi connectivity index (χ0n) is 8.61. The van der Waals surface area contributed by atoms with Crippen molar-refractivity contribution in [1.82, 2.24) is 4.98 Å². The maximum atomic E-state index is 9.05. The Morgan fingerprint density at radius 1 is 1.60 bits per heavy atom. The fraction of sp³-hybridized carbons (Fsp3) is 0.545. The third kappa shape index (κ3) is 1.36. The summed E-state index contributed by atoms with van der Waals surface area (Å²) in [5, 5.41) is 12.4. The predicted molar refractivity (Wildman–Crippen MR) is 59.0 cm³/mol. The molecular weight excluding hydrogens is 190 g/mol. The summed E-state index contributed by atoms with van der Waals surface area (Å²) < 4.78 is 0. The molecule has 0 saturated carbocycles. The first-order chi connectivity index (χ1) is 7.38. The van der Waals surface area contributed by atoms with Crippen molar-refractivity contribution in [3.63, 3.8) is 0 Å². The average Bonchev–Trinajstić information content (AvgIpc) is 2.76. The van der Waals surface area contributed by atoms with E-state index < -0.39 is 0 Å². The van der Waals surface area contributed by atoms with Gasteiger partial charge in [-0.2, -0.15) is 0 Å². The Labute approximate surface area is 88.9 Å². The van der Waals surface area contributed by atoms with Crippen molar-refractivity contribution in [3.8, 4) is 0 Å². The molecule has 80 valence electrons. The minimum absolute atomic E-state index is 0.0609. The van der Waals surface area contributed by atoms with Crippen LogP contribution in [0.1, 0.15) is 18.4 Å². The third-order valence-corrected chi connectivity index (χ3v) is 3.28. The molecule has 2 aliphatic rings. The van der Waals surface area contributed by atoms with Gasteiger partial charge in [0.25, 0.3) is 0 Å². The molecule has 0 spiro atoms. The van der Waals surface area contributed by atoms with E-state index in [1.54, 1.807) is 6.20 Å². The number of aliphatic hydroxyl groups is 1. The van der Waals surface area contributed by atoms with E-state index in [0.717, 1.165) is 30.2 Å². The maximum Gasteiger partial charge on any atom is 0.152 e. The van der Waals surface area contributed by atoms with Crippen molar-refractivity contribution in [3.05, 3.63) is 17.8 Å². The molecule has 3 heterocycles. The van der Waals surface area contributed by atoms with Crippen LogP contribution in [-0.2, 0) is 6.61 Å². The van der Waals surface area contributed by atoms with Gasteiger partial charge >= 0.3 is 0 Å². The molecule has 1 aromatic rings. The highest BCUT2D eigenvalue weighted by Gasteiger charge is 2.30. The Bertz CT molecular complexity index is 380. The summed E-state index contributed by atoms with van der Waals surface area (Å²) in [5.74, 6) is 1.06. The first kappa shape index (κ1) is 8.97. The molecule has 2 aliphatic heterocycles. The monoisotopic (exact) mass is 205 g/mol. The summed E-state index contributed by atoms with van der Waals surface area (Å²) in [5.41, 5.74) is 1.94. The molecule has 3 rings (SSSR count). The molecule has 1 saturated heterocycles. The predicted octanol–water partition coefficient (Wildman–Crippen LogP) is 0.968. The highest BCUT2D eigenvalue weighted by Crippen LogP contribution is 2.34. The smallest absolute Gasteiger partial charge is 0.152 e. The quantitative estimate of drug-likeness (QED) is 0.717. The fourth-order valence-electron chi connectivity index (χ4n) is 2.50. The minimum Gasteiger partial charge on any atom is -0.392 e. The molecule has 4 nitrogen and oxygen atoms in total. The summed E-state index contributed by atoms with van der Waals surface area (Å²) in [4.78, 5) is 6.82. The van der Waals surface area contributed by atoms with Gasteiger partial charge in [0.15, 0.2) is 5.82 Å². The van der Waals surface area contributed by atoms with Crippen LogP contribution in [0, 0.1) is 0 Å². The van der Waals surface area contributed by atoms with Crippen molar-refractivity contribution in [2.75, 3.05) is 23.3 Å². The van der Waals surface area contributed by atoms with Crippen LogP contribution in [0.5, 0.6) is 0 Å². The second-order valence-electron chi connectivity index (χ2n) is 4.24. The molecular formula is C11H15N3O. The molecule has 0 unspecified atom stereocenters.